The first-order valence-corrected chi connectivity index (χ1v) is 11.2. The first-order chi connectivity index (χ1) is 14.0. The molecule has 0 aliphatic carbocycles. The van der Waals surface area contributed by atoms with Crippen LogP contribution in [-0.2, 0) is 32.4 Å². The van der Waals surface area contributed by atoms with Crippen LogP contribution in [0, 0.1) is 5.41 Å². The van der Waals surface area contributed by atoms with Crippen molar-refractivity contribution < 1.29 is 32.4 Å². The SMILES string of the molecule is CC(C)OC(=O)CCCO[P@@]1(=O)OC[C@H]2O[C@@H](n3ccc(=O)[nH]c3=O)C(C)(C)[C@@H]2O1. The van der Waals surface area contributed by atoms with Crippen LogP contribution in [0.25, 0.3) is 0 Å². The molecule has 1 aromatic rings. The van der Waals surface area contributed by atoms with Crippen molar-refractivity contribution in [3.05, 3.63) is 33.1 Å². The van der Waals surface area contributed by atoms with Crippen LogP contribution in [0.5, 0.6) is 0 Å². The van der Waals surface area contributed by atoms with E-state index >= 15 is 0 Å². The van der Waals surface area contributed by atoms with E-state index in [2.05, 4.69) is 4.98 Å². The van der Waals surface area contributed by atoms with Gasteiger partial charge in [-0.05, 0) is 20.3 Å². The Morgan fingerprint density at radius 1 is 1.40 bits per heavy atom. The number of hydrogen-bond donors (Lipinski definition) is 1. The molecular weight excluding hydrogens is 419 g/mol. The molecule has 3 heterocycles. The predicted octanol–water partition coefficient (Wildman–Crippen LogP) is 1.73. The molecule has 2 aliphatic rings. The monoisotopic (exact) mass is 446 g/mol. The number of rotatable bonds is 7. The molecule has 3 rings (SSSR count). The lowest BCUT2D eigenvalue weighted by atomic mass is 9.84. The van der Waals surface area contributed by atoms with Gasteiger partial charge in [0.25, 0.3) is 5.56 Å². The Morgan fingerprint density at radius 2 is 2.13 bits per heavy atom. The van der Waals surface area contributed by atoms with Crippen LogP contribution in [0.15, 0.2) is 21.9 Å². The highest BCUT2D eigenvalue weighted by molar-refractivity contribution is 7.48. The highest BCUT2D eigenvalue weighted by atomic mass is 31.2. The Kier molecular flexibility index (Phi) is 6.69. The average Bonchev–Trinajstić information content (AvgIpc) is 2.89. The maximum Gasteiger partial charge on any atom is 0.475 e. The van der Waals surface area contributed by atoms with Crippen LogP contribution in [0.3, 0.4) is 0 Å². The number of nitrogens with one attached hydrogen (secondary N) is 1. The van der Waals surface area contributed by atoms with Crippen molar-refractivity contribution >= 4 is 13.8 Å². The standard InChI is InChI=1S/C18H27N2O9P/c1-11(2)27-14(22)6-5-9-25-30(24)26-10-12-15(29-30)18(3,4)16(28-12)20-8-7-13(21)19-17(20)23/h7-8,11-12,15-16H,5-6,9-10H2,1-4H3,(H,19,21,23)/t12-,15-,16-,30+/m1/s1. The van der Waals surface area contributed by atoms with Crippen LogP contribution < -0.4 is 11.2 Å². The summed E-state index contributed by atoms with van der Waals surface area (Å²) in [7, 11) is -3.87. The zero-order valence-corrected chi connectivity index (χ0v) is 18.3. The molecule has 0 bridgehead atoms. The lowest BCUT2D eigenvalue weighted by molar-refractivity contribution is -0.147. The fraction of sp³-hybridized carbons (Fsp3) is 0.722. The number of esters is 1. The second-order valence-corrected chi connectivity index (χ2v) is 9.73. The van der Waals surface area contributed by atoms with Crippen molar-refractivity contribution in [2.45, 2.75) is 65.1 Å². The van der Waals surface area contributed by atoms with Gasteiger partial charge in [0.05, 0.1) is 19.3 Å². The molecule has 11 nitrogen and oxygen atoms in total. The molecule has 2 saturated heterocycles. The van der Waals surface area contributed by atoms with Gasteiger partial charge in [0.2, 0.25) is 0 Å². The number of ether oxygens (including phenoxy) is 2. The van der Waals surface area contributed by atoms with Crippen molar-refractivity contribution in [2.24, 2.45) is 5.41 Å². The second-order valence-electron chi connectivity index (χ2n) is 8.11. The first-order valence-electron chi connectivity index (χ1n) is 9.76. The number of hydrogen-bond acceptors (Lipinski definition) is 9. The van der Waals surface area contributed by atoms with E-state index in [1.54, 1.807) is 27.7 Å². The summed E-state index contributed by atoms with van der Waals surface area (Å²) >= 11 is 0. The van der Waals surface area contributed by atoms with Gasteiger partial charge in [0, 0.05) is 24.1 Å². The number of carbonyl (C=O) groups excluding carboxylic acids is 1. The van der Waals surface area contributed by atoms with Crippen molar-refractivity contribution in [3.8, 4) is 0 Å². The molecule has 168 valence electrons. The third-order valence-electron chi connectivity index (χ3n) is 4.90. The molecule has 0 unspecified atom stereocenters. The molecule has 0 saturated carbocycles. The van der Waals surface area contributed by atoms with E-state index in [0.717, 1.165) is 0 Å². The van der Waals surface area contributed by atoms with Crippen LogP contribution in [0.1, 0.15) is 46.8 Å². The van der Waals surface area contributed by atoms with Gasteiger partial charge in [-0.3, -0.25) is 32.7 Å². The van der Waals surface area contributed by atoms with E-state index in [-0.39, 0.29) is 31.7 Å². The van der Waals surface area contributed by atoms with Crippen molar-refractivity contribution in [1.29, 1.82) is 0 Å². The van der Waals surface area contributed by atoms with Crippen molar-refractivity contribution in [3.63, 3.8) is 0 Å². The van der Waals surface area contributed by atoms with Crippen LogP contribution in [0.4, 0.5) is 0 Å². The van der Waals surface area contributed by atoms with Crippen LogP contribution in [0.2, 0.25) is 0 Å². The third-order valence-corrected chi connectivity index (χ3v) is 6.35. The molecule has 0 radical (unpaired) electrons. The number of aromatic amines is 1. The third kappa shape index (κ3) is 4.92. The van der Waals surface area contributed by atoms with Gasteiger partial charge in [-0.2, -0.15) is 0 Å². The van der Waals surface area contributed by atoms with Gasteiger partial charge in [-0.1, -0.05) is 13.8 Å². The average molecular weight is 446 g/mol. The summed E-state index contributed by atoms with van der Waals surface area (Å²) in [6, 6.07) is 1.22. The number of carbonyl (C=O) groups is 1. The number of phosphoric ester groups is 1. The van der Waals surface area contributed by atoms with Gasteiger partial charge < -0.3 is 9.47 Å². The van der Waals surface area contributed by atoms with Gasteiger partial charge in [-0.15, -0.1) is 0 Å². The lowest BCUT2D eigenvalue weighted by Crippen LogP contribution is -2.42. The molecule has 1 aromatic heterocycles. The predicted molar refractivity (Wildman–Crippen MR) is 104 cm³/mol. The molecule has 0 amide bonds. The van der Waals surface area contributed by atoms with E-state index in [1.165, 1.54) is 16.8 Å². The summed E-state index contributed by atoms with van der Waals surface area (Å²) in [6.07, 6.45) is -0.453. The van der Waals surface area contributed by atoms with E-state index < -0.39 is 42.9 Å². The van der Waals surface area contributed by atoms with Gasteiger partial charge in [-0.25, -0.2) is 9.36 Å². The summed E-state index contributed by atoms with van der Waals surface area (Å²) < 4.78 is 41.4. The summed E-state index contributed by atoms with van der Waals surface area (Å²) in [6.45, 7) is 7.06. The molecule has 2 fully saturated rings. The molecule has 0 spiro atoms. The topological polar surface area (TPSA) is 135 Å². The molecule has 0 aromatic carbocycles. The molecule has 4 atom stereocenters. The number of nitrogens with zero attached hydrogens (tertiary/aromatic N) is 1. The minimum Gasteiger partial charge on any atom is -0.463 e. The molecule has 12 heteroatoms. The van der Waals surface area contributed by atoms with E-state index in [9.17, 15) is 18.9 Å². The van der Waals surface area contributed by atoms with Crippen LogP contribution >= 0.6 is 7.82 Å². The van der Waals surface area contributed by atoms with E-state index in [1.807, 2.05) is 0 Å². The number of phosphoric acid groups is 1. The first kappa shape index (κ1) is 22.9. The normalized spacial score (nSPS) is 30.2. The van der Waals surface area contributed by atoms with Crippen LogP contribution in [-0.4, -0.2) is 47.0 Å². The van der Waals surface area contributed by atoms with Crippen molar-refractivity contribution in [1.82, 2.24) is 9.55 Å². The summed E-state index contributed by atoms with van der Waals surface area (Å²) in [5, 5.41) is 0. The Labute approximate surface area is 173 Å². The van der Waals surface area contributed by atoms with Gasteiger partial charge in [0.1, 0.15) is 18.4 Å². The van der Waals surface area contributed by atoms with Crippen molar-refractivity contribution in [2.75, 3.05) is 13.2 Å². The van der Waals surface area contributed by atoms with Gasteiger partial charge in [0.15, 0.2) is 0 Å². The van der Waals surface area contributed by atoms with E-state index in [0.29, 0.717) is 6.42 Å². The largest absolute Gasteiger partial charge is 0.475 e. The van der Waals surface area contributed by atoms with E-state index in [4.69, 9.17) is 23.0 Å². The lowest BCUT2D eigenvalue weighted by Gasteiger charge is -2.36. The molecular formula is C18H27N2O9P. The highest BCUT2D eigenvalue weighted by Gasteiger charge is 2.58. The Bertz CT molecular complexity index is 938. The Morgan fingerprint density at radius 3 is 2.80 bits per heavy atom. The Hall–Kier alpha value is -1.78. The smallest absolute Gasteiger partial charge is 0.463 e. The molecule has 2 aliphatic heterocycles. The number of fused-ring (bicyclic) bond motifs is 1. The second kappa shape index (κ2) is 8.76. The Balaban J connectivity index is 1.63. The fourth-order valence-corrected chi connectivity index (χ4v) is 5.08. The molecule has 30 heavy (non-hydrogen) atoms. The van der Waals surface area contributed by atoms with Gasteiger partial charge >= 0.3 is 19.5 Å². The maximum atomic E-state index is 12.9. The highest BCUT2D eigenvalue weighted by Crippen LogP contribution is 2.60. The maximum absolute atomic E-state index is 12.9. The quantitative estimate of drug-likeness (QED) is 0.377. The summed E-state index contributed by atoms with van der Waals surface area (Å²) in [4.78, 5) is 37.3. The zero-order chi connectivity index (χ0) is 22.1. The number of H-pyrrole nitrogens is 1. The number of aromatic nitrogens is 2. The molecule has 1 N–H and O–H groups in total. The summed E-state index contributed by atoms with van der Waals surface area (Å²) in [5.41, 5.74) is -1.91. The zero-order valence-electron chi connectivity index (χ0n) is 17.4. The minimum absolute atomic E-state index is 0.00798. The summed E-state index contributed by atoms with van der Waals surface area (Å²) in [5.74, 6) is -0.364. The minimum atomic E-state index is -3.87. The fourth-order valence-electron chi connectivity index (χ4n) is 3.51.